The van der Waals surface area contributed by atoms with Crippen molar-refractivity contribution < 1.29 is 9.59 Å². The number of piperidine rings is 1. The van der Waals surface area contributed by atoms with Gasteiger partial charge in [0.1, 0.15) is 0 Å². The van der Waals surface area contributed by atoms with E-state index in [1.807, 2.05) is 18.2 Å². The number of benzene rings is 2. The topological polar surface area (TPSA) is 61.4 Å². The number of ketones is 1. The number of carbonyl (C=O) groups is 2. The van der Waals surface area contributed by atoms with Gasteiger partial charge in [0, 0.05) is 36.8 Å². The quantitative estimate of drug-likeness (QED) is 0.748. The summed E-state index contributed by atoms with van der Waals surface area (Å²) in [5, 5.41) is 5.52. The van der Waals surface area contributed by atoms with Gasteiger partial charge >= 0.3 is 6.03 Å². The summed E-state index contributed by atoms with van der Waals surface area (Å²) in [7, 11) is 0. The van der Waals surface area contributed by atoms with Gasteiger partial charge in [-0.1, -0.05) is 36.8 Å². The van der Waals surface area contributed by atoms with Crippen LogP contribution in [0.5, 0.6) is 0 Å². The molecule has 2 aromatic rings. The molecule has 1 atom stereocenters. The normalized spacial score (nSPS) is 19.4. The van der Waals surface area contributed by atoms with Crippen molar-refractivity contribution in [3.05, 3.63) is 65.2 Å². The zero-order valence-corrected chi connectivity index (χ0v) is 16.1. The van der Waals surface area contributed by atoms with Crippen LogP contribution in [0.15, 0.2) is 48.5 Å². The van der Waals surface area contributed by atoms with Gasteiger partial charge in [-0.25, -0.2) is 4.79 Å². The highest BCUT2D eigenvalue weighted by molar-refractivity contribution is 5.98. The minimum atomic E-state index is -0.193. The van der Waals surface area contributed by atoms with Crippen molar-refractivity contribution in [3.8, 4) is 0 Å². The molecule has 2 aromatic carbocycles. The van der Waals surface area contributed by atoms with Crippen LogP contribution in [0.25, 0.3) is 0 Å². The lowest BCUT2D eigenvalue weighted by Gasteiger charge is -2.35. The molecular formula is C23H27N3O2. The Morgan fingerprint density at radius 2 is 1.96 bits per heavy atom. The highest BCUT2D eigenvalue weighted by Crippen LogP contribution is 2.23. The Kier molecular flexibility index (Phi) is 5.72. The van der Waals surface area contributed by atoms with Crippen LogP contribution in [-0.4, -0.2) is 35.8 Å². The molecule has 2 heterocycles. The zero-order chi connectivity index (χ0) is 19.3. The molecule has 1 unspecified atom stereocenters. The van der Waals surface area contributed by atoms with Gasteiger partial charge in [0.15, 0.2) is 5.78 Å². The standard InChI is InChI=1S/C23H27N3O2/c27-22(18-9-10-21-19(15-18)16-24-23(28)25-21)11-13-26-12-5-4-8-20(26)14-17-6-2-1-3-7-17/h1-3,6-7,9-10,15,20H,4-5,8,11-14,16H2,(H2,24,25,28). The first-order valence-corrected chi connectivity index (χ1v) is 10.2. The van der Waals surface area contributed by atoms with Crippen molar-refractivity contribution in [2.45, 2.75) is 44.7 Å². The maximum Gasteiger partial charge on any atom is 0.319 e. The summed E-state index contributed by atoms with van der Waals surface area (Å²) in [6, 6.07) is 16.5. The van der Waals surface area contributed by atoms with E-state index in [0.29, 0.717) is 19.0 Å². The molecule has 0 saturated carbocycles. The van der Waals surface area contributed by atoms with Crippen molar-refractivity contribution in [2.24, 2.45) is 0 Å². The number of nitrogens with one attached hydrogen (secondary N) is 2. The monoisotopic (exact) mass is 377 g/mol. The molecule has 146 valence electrons. The van der Waals surface area contributed by atoms with E-state index < -0.39 is 0 Å². The summed E-state index contributed by atoms with van der Waals surface area (Å²) in [5.74, 6) is 0.170. The lowest BCUT2D eigenvalue weighted by atomic mass is 9.95. The lowest BCUT2D eigenvalue weighted by Crippen LogP contribution is -2.42. The molecule has 0 spiro atoms. The van der Waals surface area contributed by atoms with Crippen molar-refractivity contribution in [1.82, 2.24) is 10.2 Å². The summed E-state index contributed by atoms with van der Waals surface area (Å²) in [6.07, 6.45) is 5.27. The van der Waals surface area contributed by atoms with Crippen LogP contribution in [0.1, 0.15) is 47.2 Å². The summed E-state index contributed by atoms with van der Waals surface area (Å²) < 4.78 is 0. The lowest BCUT2D eigenvalue weighted by molar-refractivity contribution is 0.0926. The summed E-state index contributed by atoms with van der Waals surface area (Å²) in [6.45, 7) is 2.35. The third-order valence-corrected chi connectivity index (χ3v) is 5.80. The number of urea groups is 1. The minimum absolute atomic E-state index is 0.170. The molecular weight excluding hydrogens is 350 g/mol. The number of amides is 2. The second-order valence-electron chi connectivity index (χ2n) is 7.73. The Morgan fingerprint density at radius 3 is 2.82 bits per heavy atom. The first-order chi connectivity index (χ1) is 13.7. The van der Waals surface area contributed by atoms with E-state index in [0.717, 1.165) is 36.3 Å². The smallest absolute Gasteiger partial charge is 0.319 e. The number of carbonyl (C=O) groups excluding carboxylic acids is 2. The molecule has 5 nitrogen and oxygen atoms in total. The van der Waals surface area contributed by atoms with Gasteiger partial charge in [-0.2, -0.15) is 0 Å². The van der Waals surface area contributed by atoms with E-state index in [9.17, 15) is 9.59 Å². The van der Waals surface area contributed by atoms with E-state index in [1.54, 1.807) is 0 Å². The van der Waals surface area contributed by atoms with Crippen LogP contribution in [0.3, 0.4) is 0 Å². The fourth-order valence-electron chi connectivity index (χ4n) is 4.24. The largest absolute Gasteiger partial charge is 0.334 e. The average molecular weight is 377 g/mol. The molecule has 1 fully saturated rings. The molecule has 0 radical (unpaired) electrons. The molecule has 2 amide bonds. The van der Waals surface area contributed by atoms with Gasteiger partial charge < -0.3 is 10.6 Å². The van der Waals surface area contributed by atoms with Crippen LogP contribution in [0.4, 0.5) is 10.5 Å². The summed E-state index contributed by atoms with van der Waals surface area (Å²) in [4.78, 5) is 26.7. The number of Topliss-reactive ketones (excluding diaryl/α,β-unsaturated/α-hetero) is 1. The highest BCUT2D eigenvalue weighted by atomic mass is 16.2. The van der Waals surface area contributed by atoms with Crippen molar-refractivity contribution in [1.29, 1.82) is 0 Å². The second-order valence-corrected chi connectivity index (χ2v) is 7.73. The van der Waals surface area contributed by atoms with Gasteiger partial charge in [-0.15, -0.1) is 0 Å². The van der Waals surface area contributed by atoms with Crippen molar-refractivity contribution in [2.75, 3.05) is 18.4 Å². The number of nitrogens with zero attached hydrogens (tertiary/aromatic N) is 1. The molecule has 0 bridgehead atoms. The number of rotatable bonds is 6. The first-order valence-electron chi connectivity index (χ1n) is 10.2. The maximum absolute atomic E-state index is 12.8. The van der Waals surface area contributed by atoms with Gasteiger partial charge in [-0.05, 0) is 55.1 Å². The van der Waals surface area contributed by atoms with E-state index in [4.69, 9.17) is 0 Å². The summed E-state index contributed by atoms with van der Waals surface area (Å²) in [5.41, 5.74) is 3.85. The van der Waals surface area contributed by atoms with Crippen LogP contribution >= 0.6 is 0 Å². The summed E-state index contributed by atoms with van der Waals surface area (Å²) >= 11 is 0. The fraction of sp³-hybridized carbons (Fsp3) is 0.391. The number of likely N-dealkylation sites (tertiary alicyclic amines) is 1. The predicted molar refractivity (Wildman–Crippen MR) is 111 cm³/mol. The van der Waals surface area contributed by atoms with Crippen LogP contribution in [-0.2, 0) is 13.0 Å². The molecule has 2 aliphatic rings. The minimum Gasteiger partial charge on any atom is -0.334 e. The van der Waals surface area contributed by atoms with E-state index in [2.05, 4.69) is 45.9 Å². The Balaban J connectivity index is 1.37. The van der Waals surface area contributed by atoms with Crippen molar-refractivity contribution in [3.63, 3.8) is 0 Å². The Bertz CT molecular complexity index is 850. The number of fused-ring (bicyclic) bond motifs is 1. The van der Waals surface area contributed by atoms with Gasteiger partial charge in [0.2, 0.25) is 0 Å². The van der Waals surface area contributed by atoms with Crippen LogP contribution in [0.2, 0.25) is 0 Å². The molecule has 1 saturated heterocycles. The van der Waals surface area contributed by atoms with Gasteiger partial charge in [0.25, 0.3) is 0 Å². The molecule has 4 rings (SSSR count). The number of hydrogen-bond acceptors (Lipinski definition) is 3. The van der Waals surface area contributed by atoms with Crippen molar-refractivity contribution >= 4 is 17.5 Å². The van der Waals surface area contributed by atoms with E-state index >= 15 is 0 Å². The van der Waals surface area contributed by atoms with E-state index in [-0.39, 0.29) is 11.8 Å². The third kappa shape index (κ3) is 4.42. The fourth-order valence-corrected chi connectivity index (χ4v) is 4.24. The van der Waals surface area contributed by atoms with Crippen LogP contribution < -0.4 is 10.6 Å². The number of anilines is 1. The van der Waals surface area contributed by atoms with Gasteiger partial charge in [-0.3, -0.25) is 9.69 Å². The molecule has 2 aliphatic heterocycles. The van der Waals surface area contributed by atoms with E-state index in [1.165, 1.54) is 24.8 Å². The molecule has 5 heteroatoms. The van der Waals surface area contributed by atoms with Gasteiger partial charge in [0.05, 0.1) is 0 Å². The molecule has 0 aliphatic carbocycles. The van der Waals surface area contributed by atoms with Crippen LogP contribution in [0, 0.1) is 0 Å². The second kappa shape index (κ2) is 8.57. The Hall–Kier alpha value is -2.66. The number of hydrogen-bond donors (Lipinski definition) is 2. The SMILES string of the molecule is O=C1NCc2cc(C(=O)CCN3CCCCC3Cc3ccccc3)ccc2N1. The Morgan fingerprint density at radius 1 is 1.11 bits per heavy atom. The third-order valence-electron chi connectivity index (χ3n) is 5.80. The average Bonchev–Trinajstić information content (AvgIpc) is 2.73. The maximum atomic E-state index is 12.8. The highest BCUT2D eigenvalue weighted by Gasteiger charge is 2.23. The zero-order valence-electron chi connectivity index (χ0n) is 16.1. The molecule has 0 aromatic heterocycles. The Labute approximate surface area is 166 Å². The molecule has 2 N–H and O–H groups in total. The molecule has 28 heavy (non-hydrogen) atoms. The first kappa shape index (κ1) is 18.7. The predicted octanol–water partition coefficient (Wildman–Crippen LogP) is 3.99.